The highest BCUT2D eigenvalue weighted by Crippen LogP contribution is 2.03. The predicted molar refractivity (Wildman–Crippen MR) is 92.9 cm³/mol. The molecule has 0 unspecified atom stereocenters. The second-order valence-corrected chi connectivity index (χ2v) is 5.85. The van der Waals surface area contributed by atoms with Crippen LogP contribution < -0.4 is 10.9 Å². The van der Waals surface area contributed by atoms with Gasteiger partial charge in [0.15, 0.2) is 0 Å². The Morgan fingerprint density at radius 3 is 1.35 bits per heavy atom. The van der Waals surface area contributed by atoms with E-state index in [2.05, 4.69) is 4.98 Å². The van der Waals surface area contributed by atoms with E-state index >= 15 is 0 Å². The van der Waals surface area contributed by atoms with Crippen LogP contribution in [0.15, 0.2) is 96.2 Å². The molecule has 0 spiro atoms. The van der Waals surface area contributed by atoms with Gasteiger partial charge >= 0.3 is 0 Å². The lowest BCUT2D eigenvalue weighted by Gasteiger charge is -1.93. The fourth-order valence-corrected chi connectivity index (χ4v) is 1.91. The van der Waals surface area contributed by atoms with Crippen LogP contribution in [-0.4, -0.2) is 13.4 Å². The molecule has 0 amide bonds. The first-order chi connectivity index (χ1) is 11.0. The third kappa shape index (κ3) is 9.02. The first kappa shape index (κ1) is 18.3. The summed E-state index contributed by atoms with van der Waals surface area (Å²) in [5.41, 5.74) is 6.18. The highest BCUT2D eigenvalue weighted by molar-refractivity contribution is 7.89. The number of aromatic nitrogens is 1. The predicted octanol–water partition coefficient (Wildman–Crippen LogP) is 2.68. The lowest BCUT2D eigenvalue weighted by atomic mass is 10.3. The monoisotopic (exact) mass is 329 g/mol. The molecule has 3 rings (SSSR count). The molecule has 4 N–H and O–H groups in total. The van der Waals surface area contributed by atoms with Gasteiger partial charge in [-0.1, -0.05) is 42.5 Å². The van der Waals surface area contributed by atoms with Crippen molar-refractivity contribution in [1.29, 1.82) is 0 Å². The Labute approximate surface area is 136 Å². The van der Waals surface area contributed by atoms with Gasteiger partial charge in [0.25, 0.3) is 0 Å². The van der Waals surface area contributed by atoms with Crippen LogP contribution in [0, 0.1) is 0 Å². The molecule has 3 aromatic rings. The van der Waals surface area contributed by atoms with Crippen LogP contribution in [0.4, 0.5) is 5.69 Å². The summed E-state index contributed by atoms with van der Waals surface area (Å²) in [5.74, 6) is 0. The summed E-state index contributed by atoms with van der Waals surface area (Å²) >= 11 is 0. The molecule has 1 heterocycles. The summed E-state index contributed by atoms with van der Waals surface area (Å²) in [5, 5.41) is 4.83. The maximum Gasteiger partial charge on any atom is 0.238 e. The van der Waals surface area contributed by atoms with Gasteiger partial charge < -0.3 is 5.73 Å². The van der Waals surface area contributed by atoms with Gasteiger partial charge in [-0.25, -0.2) is 13.6 Å². The standard InChI is InChI=1S/C6H7NO2S.C6H7N.C5H5N/c7-10(8,9)6-4-2-1-3-5-6;7-6-4-2-1-3-5-6;1-2-4-6-5-3-1/h1-5H,(H2,7,8,9);1-5H,7H2;1-5H. The molecule has 0 radical (unpaired) electrons. The zero-order chi connectivity index (χ0) is 17.0. The summed E-state index contributed by atoms with van der Waals surface area (Å²) < 4.78 is 21.2. The van der Waals surface area contributed by atoms with Gasteiger partial charge in [0.1, 0.15) is 0 Å². The van der Waals surface area contributed by atoms with E-state index in [1.165, 1.54) is 12.1 Å². The topological polar surface area (TPSA) is 99.1 Å². The number of benzene rings is 2. The first-order valence-electron chi connectivity index (χ1n) is 6.73. The van der Waals surface area contributed by atoms with Crippen molar-refractivity contribution in [2.24, 2.45) is 5.14 Å². The second-order valence-electron chi connectivity index (χ2n) is 4.29. The second kappa shape index (κ2) is 10.1. The summed E-state index contributed by atoms with van der Waals surface area (Å²) in [4.78, 5) is 3.93. The zero-order valence-corrected chi connectivity index (χ0v) is 13.3. The van der Waals surface area contributed by atoms with Crippen molar-refractivity contribution < 1.29 is 8.42 Å². The van der Waals surface area contributed by atoms with Crippen molar-refractivity contribution in [1.82, 2.24) is 4.98 Å². The molecule has 2 aromatic carbocycles. The first-order valence-corrected chi connectivity index (χ1v) is 8.28. The minimum atomic E-state index is -3.50. The maximum absolute atomic E-state index is 10.6. The third-order valence-electron chi connectivity index (χ3n) is 2.44. The molecule has 0 aliphatic heterocycles. The van der Waals surface area contributed by atoms with Crippen LogP contribution in [0.1, 0.15) is 0 Å². The average molecular weight is 329 g/mol. The highest BCUT2D eigenvalue weighted by atomic mass is 32.2. The van der Waals surface area contributed by atoms with Gasteiger partial charge in [0.05, 0.1) is 4.90 Å². The molecule has 1 aromatic heterocycles. The highest BCUT2D eigenvalue weighted by Gasteiger charge is 2.03. The van der Waals surface area contributed by atoms with Gasteiger partial charge in [0, 0.05) is 18.1 Å². The fourth-order valence-electron chi connectivity index (χ4n) is 1.38. The smallest absolute Gasteiger partial charge is 0.238 e. The van der Waals surface area contributed by atoms with Gasteiger partial charge in [0.2, 0.25) is 10.0 Å². The number of hydrogen-bond acceptors (Lipinski definition) is 4. The number of nitrogens with zero attached hydrogens (tertiary/aromatic N) is 1. The van der Waals surface area contributed by atoms with E-state index in [1.54, 1.807) is 30.6 Å². The van der Waals surface area contributed by atoms with Gasteiger partial charge in [-0.15, -0.1) is 0 Å². The van der Waals surface area contributed by atoms with E-state index in [0.717, 1.165) is 5.69 Å². The molecule has 0 aliphatic rings. The summed E-state index contributed by atoms with van der Waals surface area (Å²) in [6.07, 6.45) is 3.50. The van der Waals surface area contributed by atoms with Crippen LogP contribution >= 0.6 is 0 Å². The van der Waals surface area contributed by atoms with Crippen LogP contribution in [0.5, 0.6) is 0 Å². The Kier molecular flexibility index (Phi) is 8.06. The Balaban J connectivity index is 0.000000179. The quantitative estimate of drug-likeness (QED) is 0.670. The Bertz CT molecular complexity index is 723. The average Bonchev–Trinajstić information content (AvgIpc) is 2.58. The van der Waals surface area contributed by atoms with Crippen LogP contribution in [0.2, 0.25) is 0 Å². The van der Waals surface area contributed by atoms with Crippen molar-refractivity contribution in [2.45, 2.75) is 4.90 Å². The van der Waals surface area contributed by atoms with Crippen molar-refractivity contribution in [3.63, 3.8) is 0 Å². The number of pyridine rings is 1. The molecule has 120 valence electrons. The van der Waals surface area contributed by atoms with Crippen LogP contribution in [-0.2, 0) is 10.0 Å². The van der Waals surface area contributed by atoms with E-state index < -0.39 is 10.0 Å². The number of nitrogen functional groups attached to an aromatic ring is 1. The maximum atomic E-state index is 10.6. The lowest BCUT2D eigenvalue weighted by Crippen LogP contribution is -2.11. The van der Waals surface area contributed by atoms with E-state index in [9.17, 15) is 8.42 Å². The number of sulfonamides is 1. The van der Waals surface area contributed by atoms with E-state index in [-0.39, 0.29) is 4.90 Å². The Morgan fingerprint density at radius 1 is 0.696 bits per heavy atom. The van der Waals surface area contributed by atoms with E-state index in [1.807, 2.05) is 48.5 Å². The molecule has 0 atom stereocenters. The molecule has 6 heteroatoms. The largest absolute Gasteiger partial charge is 0.399 e. The molecule has 5 nitrogen and oxygen atoms in total. The molecule has 0 saturated heterocycles. The number of nitrogens with two attached hydrogens (primary N) is 2. The van der Waals surface area contributed by atoms with Crippen molar-refractivity contribution in [3.05, 3.63) is 91.3 Å². The van der Waals surface area contributed by atoms with Gasteiger partial charge in [-0.2, -0.15) is 0 Å². The minimum absolute atomic E-state index is 0.148. The summed E-state index contributed by atoms with van der Waals surface area (Å²) in [6.45, 7) is 0. The molecule has 0 saturated carbocycles. The number of primary sulfonamides is 1. The molecule has 0 fully saturated rings. The molecular formula is C17H19N3O2S. The number of para-hydroxylation sites is 1. The van der Waals surface area contributed by atoms with Gasteiger partial charge in [-0.05, 0) is 36.4 Å². The van der Waals surface area contributed by atoms with Crippen molar-refractivity contribution >= 4 is 15.7 Å². The van der Waals surface area contributed by atoms with E-state index in [4.69, 9.17) is 10.9 Å². The SMILES string of the molecule is NS(=O)(=O)c1ccccc1.Nc1ccccc1.c1ccncc1. The number of anilines is 1. The minimum Gasteiger partial charge on any atom is -0.399 e. The summed E-state index contributed by atoms with van der Waals surface area (Å²) in [6, 6.07) is 23.1. The number of hydrogen-bond donors (Lipinski definition) is 2. The normalized spacial score (nSPS) is 9.61. The molecule has 23 heavy (non-hydrogen) atoms. The van der Waals surface area contributed by atoms with Crippen molar-refractivity contribution in [2.75, 3.05) is 5.73 Å². The number of rotatable bonds is 1. The van der Waals surface area contributed by atoms with Crippen LogP contribution in [0.3, 0.4) is 0 Å². The van der Waals surface area contributed by atoms with E-state index in [0.29, 0.717) is 0 Å². The molecule has 0 bridgehead atoms. The Hall–Kier alpha value is -2.70. The molecule has 0 aliphatic carbocycles. The lowest BCUT2D eigenvalue weighted by molar-refractivity contribution is 0.598. The Morgan fingerprint density at radius 2 is 1.13 bits per heavy atom. The zero-order valence-electron chi connectivity index (χ0n) is 12.5. The van der Waals surface area contributed by atoms with Crippen molar-refractivity contribution in [3.8, 4) is 0 Å². The third-order valence-corrected chi connectivity index (χ3v) is 3.37. The fraction of sp³-hybridized carbons (Fsp3) is 0. The summed E-state index contributed by atoms with van der Waals surface area (Å²) in [7, 11) is -3.50. The van der Waals surface area contributed by atoms with Crippen LogP contribution in [0.25, 0.3) is 0 Å². The van der Waals surface area contributed by atoms with Gasteiger partial charge in [-0.3, -0.25) is 4.98 Å². The molecular weight excluding hydrogens is 310 g/mol.